The molecule has 0 saturated heterocycles. The molecular formula is C16H27Cl2NO3Si. The first-order chi connectivity index (χ1) is 10.5. The van der Waals surface area contributed by atoms with Crippen LogP contribution < -0.4 is 0 Å². The lowest BCUT2D eigenvalue weighted by atomic mass is 10.1. The maximum atomic E-state index is 6.45. The van der Waals surface area contributed by atoms with Gasteiger partial charge in [0.2, 0.25) is 0 Å². The Morgan fingerprint density at radius 3 is 2.13 bits per heavy atom. The number of hydrogen-bond donors (Lipinski definition) is 0. The number of aromatic nitrogens is 1. The molecule has 0 aliphatic rings. The van der Waals surface area contributed by atoms with Gasteiger partial charge in [-0.3, -0.25) is 4.98 Å². The summed E-state index contributed by atoms with van der Waals surface area (Å²) in [4.78, 5) is 4.00. The molecular weight excluding hydrogens is 353 g/mol. The smallest absolute Gasteiger partial charge is 0.192 e. The molecule has 0 aromatic carbocycles. The summed E-state index contributed by atoms with van der Waals surface area (Å²) in [5.74, 6) is 0. The van der Waals surface area contributed by atoms with Crippen molar-refractivity contribution in [2.45, 2.75) is 58.0 Å². The average molecular weight is 380 g/mol. The van der Waals surface area contributed by atoms with Crippen LogP contribution in [-0.4, -0.2) is 33.3 Å². The Hall–Kier alpha value is -0.173. The van der Waals surface area contributed by atoms with E-state index in [1.807, 2.05) is 6.92 Å². The van der Waals surface area contributed by atoms with Crippen LogP contribution in [0.5, 0.6) is 0 Å². The van der Waals surface area contributed by atoms with E-state index in [-0.39, 0.29) is 17.9 Å². The van der Waals surface area contributed by atoms with Gasteiger partial charge in [0.15, 0.2) is 8.32 Å². The Kier molecular flexibility index (Phi) is 7.51. The zero-order valence-corrected chi connectivity index (χ0v) is 17.5. The number of rotatable bonds is 7. The van der Waals surface area contributed by atoms with Crippen molar-refractivity contribution in [3.8, 4) is 0 Å². The molecule has 0 aliphatic heterocycles. The van der Waals surface area contributed by atoms with Crippen LogP contribution in [0.15, 0.2) is 12.4 Å². The van der Waals surface area contributed by atoms with Gasteiger partial charge in [-0.1, -0.05) is 44.0 Å². The molecule has 0 N–H and O–H groups in total. The van der Waals surface area contributed by atoms with Crippen LogP contribution in [0.1, 0.15) is 39.4 Å². The van der Waals surface area contributed by atoms with Crippen LogP contribution in [0.25, 0.3) is 0 Å². The lowest BCUT2D eigenvalue weighted by Gasteiger charge is -2.40. The molecule has 2 atom stereocenters. The number of ether oxygens (including phenoxy) is 2. The summed E-state index contributed by atoms with van der Waals surface area (Å²) < 4.78 is 17.3. The molecule has 0 fully saturated rings. The van der Waals surface area contributed by atoms with Crippen molar-refractivity contribution in [3.05, 3.63) is 28.0 Å². The molecule has 2 unspecified atom stereocenters. The van der Waals surface area contributed by atoms with Crippen LogP contribution in [0, 0.1) is 0 Å². The zero-order chi connectivity index (χ0) is 17.8. The van der Waals surface area contributed by atoms with Crippen LogP contribution >= 0.6 is 23.2 Å². The first-order valence-electron chi connectivity index (χ1n) is 7.58. The molecule has 23 heavy (non-hydrogen) atoms. The Labute approximate surface area is 150 Å². The summed E-state index contributed by atoms with van der Waals surface area (Å²) in [6, 6.07) is 0. The lowest BCUT2D eigenvalue weighted by Crippen LogP contribution is -2.45. The van der Waals surface area contributed by atoms with Gasteiger partial charge < -0.3 is 13.9 Å². The van der Waals surface area contributed by atoms with Crippen LogP contribution in [-0.2, 0) is 13.9 Å². The normalized spacial score (nSPS) is 15.5. The highest BCUT2D eigenvalue weighted by molar-refractivity contribution is 6.74. The average Bonchev–Trinajstić information content (AvgIpc) is 2.40. The van der Waals surface area contributed by atoms with Gasteiger partial charge in [-0.15, -0.1) is 0 Å². The first-order valence-corrected chi connectivity index (χ1v) is 11.2. The van der Waals surface area contributed by atoms with Gasteiger partial charge in [0.05, 0.1) is 16.1 Å². The molecule has 0 amide bonds. The summed E-state index contributed by atoms with van der Waals surface area (Å²) in [7, 11) is -0.385. The number of hydrogen-bond acceptors (Lipinski definition) is 4. The predicted molar refractivity (Wildman–Crippen MR) is 97.7 cm³/mol. The highest BCUT2D eigenvalue weighted by atomic mass is 35.5. The molecule has 132 valence electrons. The van der Waals surface area contributed by atoms with Gasteiger partial charge in [-0.25, -0.2) is 0 Å². The number of methoxy groups -OCH3 is 1. The summed E-state index contributed by atoms with van der Waals surface area (Å²) in [5, 5.41) is 1.02. The fourth-order valence-corrected chi connectivity index (χ4v) is 3.98. The van der Waals surface area contributed by atoms with E-state index in [0.29, 0.717) is 15.6 Å². The second kappa shape index (κ2) is 8.27. The Bertz CT molecular complexity index is 500. The molecule has 1 heterocycles. The maximum Gasteiger partial charge on any atom is 0.192 e. The van der Waals surface area contributed by atoms with Gasteiger partial charge in [-0.2, -0.15) is 0 Å². The second-order valence-corrected chi connectivity index (χ2v) is 12.7. The van der Waals surface area contributed by atoms with Gasteiger partial charge in [-0.05, 0) is 25.1 Å². The second-order valence-electron chi connectivity index (χ2n) is 7.09. The standard InChI is InChI=1S/C16H27Cl2NO3Si/c1-11(22-23(6,7)16(2,3)4)15(21-10-20-5)14-12(17)8-19-9-13(14)18/h8-9,11,15H,10H2,1-7H3. The SMILES string of the molecule is COCOC(c1c(Cl)cncc1Cl)C(C)O[Si](C)(C)C(C)(C)C. The van der Waals surface area contributed by atoms with Crippen LogP contribution in [0.2, 0.25) is 28.2 Å². The van der Waals surface area contributed by atoms with Gasteiger partial charge in [0, 0.05) is 25.1 Å². The molecule has 1 aromatic heterocycles. The Morgan fingerprint density at radius 1 is 1.17 bits per heavy atom. The summed E-state index contributed by atoms with van der Waals surface area (Å²) >= 11 is 12.6. The van der Waals surface area contributed by atoms with E-state index in [4.69, 9.17) is 37.1 Å². The molecule has 4 nitrogen and oxygen atoms in total. The molecule has 0 bridgehead atoms. The van der Waals surface area contributed by atoms with Crippen molar-refractivity contribution in [1.82, 2.24) is 4.98 Å². The largest absolute Gasteiger partial charge is 0.411 e. The fourth-order valence-electron chi connectivity index (χ4n) is 1.99. The Morgan fingerprint density at radius 2 is 1.70 bits per heavy atom. The van der Waals surface area contributed by atoms with E-state index >= 15 is 0 Å². The van der Waals surface area contributed by atoms with Crippen molar-refractivity contribution in [2.24, 2.45) is 0 Å². The van der Waals surface area contributed by atoms with E-state index in [1.165, 1.54) is 0 Å². The highest BCUT2D eigenvalue weighted by Crippen LogP contribution is 2.41. The number of pyridine rings is 1. The third-order valence-electron chi connectivity index (χ3n) is 4.25. The lowest BCUT2D eigenvalue weighted by molar-refractivity contribution is -0.107. The summed E-state index contributed by atoms with van der Waals surface area (Å²) in [6.07, 6.45) is 2.48. The van der Waals surface area contributed by atoms with E-state index in [9.17, 15) is 0 Å². The molecule has 0 radical (unpaired) electrons. The van der Waals surface area contributed by atoms with E-state index in [0.717, 1.165) is 0 Å². The molecule has 0 aliphatic carbocycles. The van der Waals surface area contributed by atoms with Crippen molar-refractivity contribution in [1.29, 1.82) is 0 Å². The molecule has 7 heteroatoms. The van der Waals surface area contributed by atoms with Crippen molar-refractivity contribution in [3.63, 3.8) is 0 Å². The van der Waals surface area contributed by atoms with Crippen molar-refractivity contribution < 1.29 is 13.9 Å². The number of nitrogens with zero attached hydrogens (tertiary/aromatic N) is 1. The maximum absolute atomic E-state index is 6.45. The van der Waals surface area contributed by atoms with Gasteiger partial charge in [0.25, 0.3) is 0 Å². The van der Waals surface area contributed by atoms with Crippen molar-refractivity contribution >= 4 is 31.5 Å². The molecule has 1 rings (SSSR count). The quantitative estimate of drug-likeness (QED) is 0.465. The van der Waals surface area contributed by atoms with Gasteiger partial charge in [0.1, 0.15) is 12.9 Å². The van der Waals surface area contributed by atoms with Crippen LogP contribution in [0.4, 0.5) is 0 Å². The first kappa shape index (κ1) is 20.9. The monoisotopic (exact) mass is 379 g/mol. The summed E-state index contributed by atoms with van der Waals surface area (Å²) in [5.41, 5.74) is 0.687. The minimum Gasteiger partial charge on any atom is -0.411 e. The summed E-state index contributed by atoms with van der Waals surface area (Å²) in [6.45, 7) is 13.1. The minimum absolute atomic E-state index is 0.0961. The molecule has 0 spiro atoms. The van der Waals surface area contributed by atoms with Crippen LogP contribution in [0.3, 0.4) is 0 Å². The van der Waals surface area contributed by atoms with Gasteiger partial charge >= 0.3 is 0 Å². The predicted octanol–water partition coefficient (Wildman–Crippen LogP) is 5.46. The van der Waals surface area contributed by atoms with E-state index in [1.54, 1.807) is 19.5 Å². The fraction of sp³-hybridized carbons (Fsp3) is 0.688. The highest BCUT2D eigenvalue weighted by Gasteiger charge is 2.40. The van der Waals surface area contributed by atoms with E-state index in [2.05, 4.69) is 38.8 Å². The van der Waals surface area contributed by atoms with E-state index < -0.39 is 14.4 Å². The third kappa shape index (κ3) is 5.41. The minimum atomic E-state index is -1.96. The molecule has 1 aromatic rings. The Balaban J connectivity index is 3.12. The van der Waals surface area contributed by atoms with Crippen molar-refractivity contribution in [2.75, 3.05) is 13.9 Å². The topological polar surface area (TPSA) is 40.6 Å². The number of halogens is 2. The zero-order valence-electron chi connectivity index (χ0n) is 14.9. The molecule has 0 saturated carbocycles. The third-order valence-corrected chi connectivity index (χ3v) is 9.43.